The minimum absolute atomic E-state index is 0.0275. The van der Waals surface area contributed by atoms with Crippen LogP contribution in [0.2, 0.25) is 0 Å². The summed E-state index contributed by atoms with van der Waals surface area (Å²) in [6.45, 7) is 4.47. The Kier molecular flexibility index (Phi) is 12.1. The second-order valence-electron chi connectivity index (χ2n) is 11.9. The molecule has 10 heteroatoms. The van der Waals surface area contributed by atoms with E-state index < -0.39 is 36.0 Å². The van der Waals surface area contributed by atoms with Crippen LogP contribution in [-0.4, -0.2) is 54.8 Å². The molecular weight excluding hydrogens is 572 g/mol. The number of rotatable bonds is 14. The highest BCUT2D eigenvalue weighted by Crippen LogP contribution is 2.21. The summed E-state index contributed by atoms with van der Waals surface area (Å²) in [4.78, 5) is 64.3. The summed E-state index contributed by atoms with van der Waals surface area (Å²) in [5.41, 5.74) is 1.64. The van der Waals surface area contributed by atoms with Crippen LogP contribution in [0, 0.1) is 11.8 Å². The third-order valence-corrected chi connectivity index (χ3v) is 7.90. The zero-order chi connectivity index (χ0) is 32.2. The van der Waals surface area contributed by atoms with Crippen LogP contribution in [0.15, 0.2) is 72.8 Å². The third-order valence-electron chi connectivity index (χ3n) is 7.90. The molecule has 4 amide bonds. The van der Waals surface area contributed by atoms with Crippen molar-refractivity contribution in [1.82, 2.24) is 21.3 Å². The second kappa shape index (κ2) is 16.4. The lowest BCUT2D eigenvalue weighted by Crippen LogP contribution is -2.56. The second-order valence-corrected chi connectivity index (χ2v) is 11.9. The van der Waals surface area contributed by atoms with Crippen molar-refractivity contribution < 1.29 is 28.7 Å². The molecule has 4 rings (SSSR count). The zero-order valence-electron chi connectivity index (χ0n) is 25.8. The Balaban J connectivity index is 1.50. The summed E-state index contributed by atoms with van der Waals surface area (Å²) in [7, 11) is 0. The first kappa shape index (κ1) is 33.2. The number of hydrogen-bond acceptors (Lipinski definition) is 6. The van der Waals surface area contributed by atoms with Gasteiger partial charge in [-0.05, 0) is 53.5 Å². The molecule has 1 heterocycles. The van der Waals surface area contributed by atoms with Gasteiger partial charge in [-0.15, -0.1) is 0 Å². The van der Waals surface area contributed by atoms with Gasteiger partial charge in [-0.25, -0.2) is 4.79 Å². The van der Waals surface area contributed by atoms with E-state index in [0.717, 1.165) is 28.3 Å². The van der Waals surface area contributed by atoms with Crippen molar-refractivity contribution in [3.63, 3.8) is 0 Å². The molecule has 0 bridgehead atoms. The number of carbonyl (C=O) groups excluding carboxylic acids is 5. The van der Waals surface area contributed by atoms with Crippen LogP contribution in [0.1, 0.15) is 50.7 Å². The lowest BCUT2D eigenvalue weighted by atomic mass is 9.91. The van der Waals surface area contributed by atoms with Gasteiger partial charge < -0.3 is 30.8 Å². The van der Waals surface area contributed by atoms with Gasteiger partial charge in [0.25, 0.3) is 0 Å². The van der Waals surface area contributed by atoms with Crippen molar-refractivity contribution in [2.45, 2.75) is 70.7 Å². The molecule has 238 valence electrons. The van der Waals surface area contributed by atoms with Gasteiger partial charge in [0, 0.05) is 18.9 Å². The van der Waals surface area contributed by atoms with Crippen molar-refractivity contribution in [1.29, 1.82) is 0 Å². The smallest absolute Gasteiger partial charge is 0.408 e. The summed E-state index contributed by atoms with van der Waals surface area (Å²) >= 11 is 0. The molecule has 10 nitrogen and oxygen atoms in total. The number of carbonyl (C=O) groups is 5. The molecule has 1 aliphatic rings. The maximum atomic E-state index is 13.8. The normalized spacial score (nSPS) is 16.6. The highest BCUT2D eigenvalue weighted by Gasteiger charge is 2.31. The van der Waals surface area contributed by atoms with Gasteiger partial charge in [-0.2, -0.15) is 0 Å². The first-order valence-electron chi connectivity index (χ1n) is 15.5. The average Bonchev–Trinajstić information content (AvgIpc) is 3.04. The average molecular weight is 615 g/mol. The van der Waals surface area contributed by atoms with Crippen LogP contribution < -0.4 is 21.3 Å². The van der Waals surface area contributed by atoms with E-state index in [0.29, 0.717) is 25.7 Å². The number of benzene rings is 3. The van der Waals surface area contributed by atoms with E-state index in [4.69, 9.17) is 4.74 Å². The van der Waals surface area contributed by atoms with Crippen LogP contribution in [-0.2, 0) is 36.9 Å². The maximum Gasteiger partial charge on any atom is 0.408 e. The van der Waals surface area contributed by atoms with E-state index in [1.807, 2.05) is 86.6 Å². The standard InChI is InChI=1S/C35H42N4O6/c1-23(2)18-30(33(42)37-28(21-40)19-27-15-9-17-36-32(27)41)38-34(43)31(39-35(44)45-22-24-10-4-3-5-11-24)20-26-14-8-13-25-12-6-7-16-29(25)26/h3-8,10-14,16,21,23,27-28,30-31H,9,15,17-20,22H2,1-2H3,(H,36,41)(H,37,42)(H,38,43)(H,39,44)/t27-,28-,30?,31-/m0/s1. The van der Waals surface area contributed by atoms with Gasteiger partial charge in [0.2, 0.25) is 17.7 Å². The molecule has 1 aliphatic heterocycles. The monoisotopic (exact) mass is 614 g/mol. The Morgan fingerprint density at radius 1 is 0.911 bits per heavy atom. The molecule has 1 saturated heterocycles. The first-order chi connectivity index (χ1) is 21.7. The Morgan fingerprint density at radius 3 is 2.36 bits per heavy atom. The van der Waals surface area contributed by atoms with E-state index in [-0.39, 0.29) is 37.2 Å². The molecular formula is C35H42N4O6. The number of amides is 4. The van der Waals surface area contributed by atoms with E-state index >= 15 is 0 Å². The number of fused-ring (bicyclic) bond motifs is 1. The predicted molar refractivity (Wildman–Crippen MR) is 171 cm³/mol. The highest BCUT2D eigenvalue weighted by atomic mass is 16.5. The lowest BCUT2D eigenvalue weighted by molar-refractivity contribution is -0.132. The predicted octanol–water partition coefficient (Wildman–Crippen LogP) is 3.81. The van der Waals surface area contributed by atoms with Gasteiger partial charge in [0.1, 0.15) is 25.0 Å². The molecule has 45 heavy (non-hydrogen) atoms. The summed E-state index contributed by atoms with van der Waals surface area (Å²) in [5, 5.41) is 13.0. The number of hydrogen-bond donors (Lipinski definition) is 4. The van der Waals surface area contributed by atoms with Gasteiger partial charge in [-0.1, -0.05) is 86.6 Å². The molecule has 0 aromatic heterocycles. The van der Waals surface area contributed by atoms with Crippen molar-refractivity contribution in [2.24, 2.45) is 11.8 Å². The Morgan fingerprint density at radius 2 is 1.62 bits per heavy atom. The topological polar surface area (TPSA) is 143 Å². The summed E-state index contributed by atoms with van der Waals surface area (Å²) in [6.07, 6.45) is 1.94. The molecule has 0 radical (unpaired) electrons. The maximum absolute atomic E-state index is 13.8. The van der Waals surface area contributed by atoms with E-state index in [1.54, 1.807) is 0 Å². The molecule has 4 atom stereocenters. The lowest BCUT2D eigenvalue weighted by Gasteiger charge is -2.27. The Labute approximate surface area is 263 Å². The van der Waals surface area contributed by atoms with Crippen LogP contribution in [0.4, 0.5) is 4.79 Å². The van der Waals surface area contributed by atoms with E-state index in [1.165, 1.54) is 0 Å². The fourth-order valence-electron chi connectivity index (χ4n) is 5.58. The van der Waals surface area contributed by atoms with Gasteiger partial charge in [0.15, 0.2) is 0 Å². The van der Waals surface area contributed by atoms with Crippen LogP contribution in [0.25, 0.3) is 10.8 Å². The summed E-state index contributed by atoms with van der Waals surface area (Å²) < 4.78 is 5.42. The number of piperidine rings is 1. The first-order valence-corrected chi connectivity index (χ1v) is 15.5. The molecule has 1 fully saturated rings. The Bertz CT molecular complexity index is 1470. The number of ether oxygens (including phenoxy) is 1. The van der Waals surface area contributed by atoms with Crippen LogP contribution in [0.5, 0.6) is 0 Å². The van der Waals surface area contributed by atoms with Crippen LogP contribution >= 0.6 is 0 Å². The molecule has 4 N–H and O–H groups in total. The van der Waals surface area contributed by atoms with Crippen molar-refractivity contribution in [3.8, 4) is 0 Å². The zero-order valence-corrected chi connectivity index (χ0v) is 25.8. The molecule has 0 aliphatic carbocycles. The third kappa shape index (κ3) is 9.89. The van der Waals surface area contributed by atoms with Crippen LogP contribution in [0.3, 0.4) is 0 Å². The SMILES string of the molecule is CC(C)CC(NC(=O)[C@H](Cc1cccc2ccccc12)NC(=O)OCc1ccccc1)C(=O)N[C@H](C=O)C[C@@H]1CCCNC1=O. The molecule has 3 aromatic rings. The largest absolute Gasteiger partial charge is 0.445 e. The molecule has 3 aromatic carbocycles. The minimum Gasteiger partial charge on any atom is -0.445 e. The molecule has 0 spiro atoms. The molecule has 0 saturated carbocycles. The fourth-order valence-corrected chi connectivity index (χ4v) is 5.58. The van der Waals surface area contributed by atoms with E-state index in [9.17, 15) is 24.0 Å². The minimum atomic E-state index is -1.06. The highest BCUT2D eigenvalue weighted by molar-refractivity contribution is 5.93. The summed E-state index contributed by atoms with van der Waals surface area (Å²) in [6, 6.07) is 19.8. The Hall–Kier alpha value is -4.73. The van der Waals surface area contributed by atoms with Crippen molar-refractivity contribution >= 4 is 40.9 Å². The van der Waals surface area contributed by atoms with E-state index in [2.05, 4.69) is 21.3 Å². The van der Waals surface area contributed by atoms with Crippen molar-refractivity contribution in [3.05, 3.63) is 83.9 Å². The number of nitrogens with one attached hydrogen (secondary N) is 4. The van der Waals surface area contributed by atoms with Gasteiger partial charge in [0.05, 0.1) is 6.04 Å². The quantitative estimate of drug-likeness (QED) is 0.204. The molecule has 1 unspecified atom stereocenters. The van der Waals surface area contributed by atoms with Crippen molar-refractivity contribution in [2.75, 3.05) is 6.54 Å². The van der Waals surface area contributed by atoms with Gasteiger partial charge >= 0.3 is 6.09 Å². The number of alkyl carbamates (subject to hydrolysis) is 1. The summed E-state index contributed by atoms with van der Waals surface area (Å²) in [5.74, 6) is -1.56. The number of aldehydes is 1. The fraction of sp³-hybridized carbons (Fsp3) is 0.400. The van der Waals surface area contributed by atoms with Gasteiger partial charge in [-0.3, -0.25) is 14.4 Å².